The van der Waals surface area contributed by atoms with Crippen LogP contribution >= 0.6 is 34.8 Å². The lowest BCUT2D eigenvalue weighted by Gasteiger charge is -2.29. The van der Waals surface area contributed by atoms with Crippen molar-refractivity contribution in [3.05, 3.63) is 97.7 Å². The van der Waals surface area contributed by atoms with Gasteiger partial charge in [0.25, 0.3) is 5.60 Å². The average Bonchev–Trinajstić information content (AvgIpc) is 3.28. The third-order valence-electron chi connectivity index (χ3n) is 6.03. The number of alkyl halides is 3. The zero-order chi connectivity index (χ0) is 27.2. The Balaban J connectivity index is 1.61. The third kappa shape index (κ3) is 5.46. The topological polar surface area (TPSA) is 51.0 Å². The van der Waals surface area contributed by atoms with E-state index in [0.29, 0.717) is 21.0 Å². The molecule has 0 radical (unpaired) electrons. The molecule has 0 saturated heterocycles. The number of hydrogen-bond donors (Lipinski definition) is 0. The summed E-state index contributed by atoms with van der Waals surface area (Å²) in [6, 6.07) is 13.2. The highest BCUT2D eigenvalue weighted by molar-refractivity contribution is 7.93. The van der Waals surface area contributed by atoms with Crippen LogP contribution in [0.3, 0.4) is 0 Å². The first kappa shape index (κ1) is 27.7. The molecule has 0 saturated carbocycles. The van der Waals surface area contributed by atoms with E-state index in [-0.39, 0.29) is 12.3 Å². The van der Waals surface area contributed by atoms with Crippen LogP contribution in [-0.2, 0) is 26.7 Å². The number of nitrogens with zero attached hydrogens (tertiary/aromatic N) is 2. The number of halogens is 7. The quantitative estimate of drug-likeness (QED) is 0.221. The highest BCUT2D eigenvalue weighted by Gasteiger charge is 2.62. The van der Waals surface area contributed by atoms with Crippen molar-refractivity contribution in [3.8, 4) is 0 Å². The van der Waals surface area contributed by atoms with Crippen LogP contribution in [0, 0.1) is 12.7 Å². The van der Waals surface area contributed by atoms with E-state index in [9.17, 15) is 21.8 Å². The molecule has 0 fully saturated rings. The highest BCUT2D eigenvalue weighted by atomic mass is 35.5. The molecule has 1 aliphatic rings. The van der Waals surface area contributed by atoms with E-state index in [1.165, 1.54) is 6.26 Å². The van der Waals surface area contributed by atoms with Gasteiger partial charge in [0.2, 0.25) is 0 Å². The molecule has 0 aromatic heterocycles. The van der Waals surface area contributed by atoms with Crippen LogP contribution in [0.1, 0.15) is 28.7 Å². The summed E-state index contributed by atoms with van der Waals surface area (Å²) in [5.74, 6) is -1.02. The smallest absolute Gasteiger partial charge is 0.374 e. The molecule has 0 aliphatic carbocycles. The van der Waals surface area contributed by atoms with Crippen LogP contribution in [0.4, 0.5) is 17.6 Å². The maximum Gasteiger partial charge on any atom is 0.435 e. The minimum Gasteiger partial charge on any atom is -0.374 e. The lowest BCUT2D eigenvalue weighted by molar-refractivity contribution is -0.275. The minimum absolute atomic E-state index is 0.0405. The summed E-state index contributed by atoms with van der Waals surface area (Å²) in [5, 5.41) is 3.05. The van der Waals surface area contributed by atoms with Crippen molar-refractivity contribution in [2.24, 2.45) is 9.52 Å². The van der Waals surface area contributed by atoms with E-state index in [2.05, 4.69) is 9.52 Å². The maximum atomic E-state index is 14.2. The Morgan fingerprint density at radius 2 is 1.76 bits per heavy atom. The molecular weight excluding hydrogens is 575 g/mol. The Morgan fingerprint density at radius 3 is 2.35 bits per heavy atom. The van der Waals surface area contributed by atoms with E-state index >= 15 is 0 Å². The fraction of sp³-hybridized carbons (Fsp3) is 0.240. The number of hydrogen-bond acceptors (Lipinski definition) is 4. The van der Waals surface area contributed by atoms with Crippen molar-refractivity contribution in [2.75, 3.05) is 6.26 Å². The standard InChI is InChI=1S/C25H19Cl3F4N2O2S/c1-14-8-15(6-7-16(14)13-33-37(2,35)19-5-3-4-18(26)11-19)22-12-24(36-34-22,25(30,31)32)17-9-20(27)23(29)21(28)10-17/h3-11H,12-13H2,1-2H3. The van der Waals surface area contributed by atoms with Gasteiger partial charge in [0.1, 0.15) is 0 Å². The molecule has 12 heteroatoms. The SMILES string of the molecule is Cc1cc(C2=NOC(c3cc(Cl)c(F)c(Cl)c3)(C(F)(F)F)C2)ccc1CN=S(C)(=O)c1cccc(Cl)c1. The molecule has 1 aliphatic heterocycles. The van der Waals surface area contributed by atoms with Gasteiger partial charge in [-0.15, -0.1) is 0 Å². The summed E-state index contributed by atoms with van der Waals surface area (Å²) < 4.78 is 74.0. The van der Waals surface area contributed by atoms with Gasteiger partial charge in [0, 0.05) is 28.2 Å². The van der Waals surface area contributed by atoms with Gasteiger partial charge in [-0.05, 0) is 60.0 Å². The van der Waals surface area contributed by atoms with Crippen LogP contribution in [0.15, 0.2) is 69.0 Å². The molecule has 3 aromatic carbocycles. The van der Waals surface area contributed by atoms with Crippen LogP contribution in [-0.4, -0.2) is 22.4 Å². The van der Waals surface area contributed by atoms with E-state index in [1.54, 1.807) is 49.4 Å². The molecule has 196 valence electrons. The number of aryl methyl sites for hydroxylation is 1. The van der Waals surface area contributed by atoms with Crippen LogP contribution in [0.5, 0.6) is 0 Å². The van der Waals surface area contributed by atoms with Crippen molar-refractivity contribution in [2.45, 2.75) is 36.6 Å². The Hall–Kier alpha value is -2.33. The predicted octanol–water partition coefficient (Wildman–Crippen LogP) is 8.33. The second-order valence-corrected chi connectivity index (χ2v) is 12.2. The molecule has 0 amide bonds. The van der Waals surface area contributed by atoms with E-state index in [1.807, 2.05) is 0 Å². The summed E-state index contributed by atoms with van der Waals surface area (Å²) in [6.45, 7) is 1.88. The van der Waals surface area contributed by atoms with Crippen molar-refractivity contribution in [1.29, 1.82) is 0 Å². The molecule has 0 N–H and O–H groups in total. The van der Waals surface area contributed by atoms with E-state index in [0.717, 1.165) is 17.7 Å². The largest absolute Gasteiger partial charge is 0.435 e. The van der Waals surface area contributed by atoms with Crippen molar-refractivity contribution in [1.82, 2.24) is 0 Å². The molecule has 0 bridgehead atoms. The maximum absolute atomic E-state index is 14.2. The molecule has 4 rings (SSSR count). The fourth-order valence-corrected chi connectivity index (χ4v) is 5.82. The summed E-state index contributed by atoms with van der Waals surface area (Å²) in [4.78, 5) is 5.48. The minimum atomic E-state index is -4.90. The molecular formula is C25H19Cl3F4N2O2S. The fourth-order valence-electron chi connectivity index (χ4n) is 3.87. The lowest BCUT2D eigenvalue weighted by atomic mass is 9.86. The number of oxime groups is 1. The summed E-state index contributed by atoms with van der Waals surface area (Å²) in [7, 11) is -2.72. The van der Waals surface area contributed by atoms with Crippen molar-refractivity contribution in [3.63, 3.8) is 0 Å². The van der Waals surface area contributed by atoms with Crippen LogP contribution in [0.2, 0.25) is 15.1 Å². The zero-order valence-corrected chi connectivity index (χ0v) is 22.5. The summed E-state index contributed by atoms with van der Waals surface area (Å²) >= 11 is 17.5. The molecule has 4 nitrogen and oxygen atoms in total. The summed E-state index contributed by atoms with van der Waals surface area (Å²) in [5.41, 5.74) is -1.45. The van der Waals surface area contributed by atoms with Crippen molar-refractivity contribution >= 4 is 50.2 Å². The van der Waals surface area contributed by atoms with E-state index in [4.69, 9.17) is 39.6 Å². The van der Waals surface area contributed by atoms with Crippen LogP contribution in [0.25, 0.3) is 0 Å². The Morgan fingerprint density at radius 1 is 1.08 bits per heavy atom. The second-order valence-electron chi connectivity index (χ2n) is 8.57. The molecule has 1 heterocycles. The molecule has 0 spiro atoms. The zero-order valence-electron chi connectivity index (χ0n) is 19.4. The number of benzene rings is 3. The molecule has 37 heavy (non-hydrogen) atoms. The predicted molar refractivity (Wildman–Crippen MR) is 137 cm³/mol. The van der Waals surface area contributed by atoms with Crippen molar-refractivity contribution < 1.29 is 26.6 Å². The molecule has 2 unspecified atom stereocenters. The van der Waals surface area contributed by atoms with Gasteiger partial charge in [-0.25, -0.2) is 13.0 Å². The molecule has 2 atom stereocenters. The van der Waals surface area contributed by atoms with Gasteiger partial charge in [0.05, 0.1) is 32.0 Å². The third-order valence-corrected chi connectivity index (χ3v) is 8.56. The van der Waals surface area contributed by atoms with E-state index < -0.39 is 49.4 Å². The first-order chi connectivity index (χ1) is 17.2. The van der Waals surface area contributed by atoms with Gasteiger partial charge >= 0.3 is 6.18 Å². The first-order valence-electron chi connectivity index (χ1n) is 10.7. The van der Waals surface area contributed by atoms with Crippen LogP contribution < -0.4 is 0 Å². The Bertz CT molecular complexity index is 1510. The summed E-state index contributed by atoms with van der Waals surface area (Å²) in [6.07, 6.45) is -4.06. The number of rotatable bonds is 5. The normalized spacial score (nSPS) is 19.2. The second kappa shape index (κ2) is 10.1. The van der Waals surface area contributed by atoms with Gasteiger partial charge in [-0.3, -0.25) is 0 Å². The first-order valence-corrected chi connectivity index (χ1v) is 13.8. The Labute approximate surface area is 226 Å². The Kier molecular flexibility index (Phi) is 7.56. The van der Waals surface area contributed by atoms with Gasteiger partial charge in [-0.2, -0.15) is 13.2 Å². The van der Waals surface area contributed by atoms with Gasteiger partial charge < -0.3 is 4.84 Å². The van der Waals surface area contributed by atoms with Gasteiger partial charge in [-0.1, -0.05) is 58.2 Å². The van der Waals surface area contributed by atoms with Gasteiger partial charge in [0.15, 0.2) is 5.82 Å². The average molecular weight is 594 g/mol. The lowest BCUT2D eigenvalue weighted by Crippen LogP contribution is -2.42. The highest BCUT2D eigenvalue weighted by Crippen LogP contribution is 2.50. The molecule has 3 aromatic rings. The monoisotopic (exact) mass is 592 g/mol.